The van der Waals surface area contributed by atoms with Crippen LogP contribution in [0, 0.1) is 0 Å². The van der Waals surface area contributed by atoms with Crippen LogP contribution in [0.4, 0.5) is 5.13 Å². The molecule has 0 saturated carbocycles. The number of aliphatic hydroxyl groups is 2. The van der Waals surface area contributed by atoms with Gasteiger partial charge in [-0.15, -0.1) is 0 Å². The fourth-order valence-electron chi connectivity index (χ4n) is 2.68. The van der Waals surface area contributed by atoms with Crippen molar-refractivity contribution >= 4 is 38.6 Å². The molecular formula is C19H18N2O5S. The highest BCUT2D eigenvalue weighted by Crippen LogP contribution is 2.29. The van der Waals surface area contributed by atoms with Crippen LogP contribution in [0.25, 0.3) is 10.2 Å². The maximum absolute atomic E-state index is 12.3. The number of aliphatic hydroxyl groups excluding tert-OH is 2. The first-order valence-electron chi connectivity index (χ1n) is 8.15. The number of anilines is 1. The third-order valence-corrected chi connectivity index (χ3v) is 4.94. The normalized spacial score (nSPS) is 10.8. The van der Waals surface area contributed by atoms with Crippen LogP contribution in [0.2, 0.25) is 0 Å². The van der Waals surface area contributed by atoms with Crippen molar-refractivity contribution in [3.8, 4) is 0 Å². The summed E-state index contributed by atoms with van der Waals surface area (Å²) in [5, 5.41) is 21.9. The molecule has 0 aliphatic heterocycles. The molecule has 1 heterocycles. The average molecular weight is 386 g/mol. The molecule has 27 heavy (non-hydrogen) atoms. The lowest BCUT2D eigenvalue weighted by Crippen LogP contribution is -2.14. The lowest BCUT2D eigenvalue weighted by Gasteiger charge is -2.04. The highest BCUT2D eigenvalue weighted by atomic mass is 32.1. The van der Waals surface area contributed by atoms with Gasteiger partial charge in [0.25, 0.3) is 0 Å². The number of fused-ring (bicyclic) bond motifs is 1. The summed E-state index contributed by atoms with van der Waals surface area (Å²) in [6.07, 6.45) is 0.0878. The maximum Gasteiger partial charge on any atom is 0.337 e. The predicted octanol–water partition coefficient (Wildman–Crippen LogP) is 2.25. The van der Waals surface area contributed by atoms with Crippen molar-refractivity contribution in [2.24, 2.45) is 0 Å². The zero-order valence-electron chi connectivity index (χ0n) is 14.6. The summed E-state index contributed by atoms with van der Waals surface area (Å²) >= 11 is 1.29. The van der Waals surface area contributed by atoms with Crippen LogP contribution in [0.3, 0.4) is 0 Å². The average Bonchev–Trinajstić information content (AvgIpc) is 3.06. The fourth-order valence-corrected chi connectivity index (χ4v) is 3.61. The minimum Gasteiger partial charge on any atom is -0.465 e. The van der Waals surface area contributed by atoms with Crippen molar-refractivity contribution in [2.45, 2.75) is 19.6 Å². The van der Waals surface area contributed by atoms with Crippen molar-refractivity contribution in [2.75, 3.05) is 12.4 Å². The standard InChI is InChI=1S/C19H18N2O5S/c1-26-18(25)12-4-2-3-11(5-12)6-17(24)21-19-20-15-7-13(9-22)14(10-23)8-16(15)27-19/h2-5,7-8,22-23H,6,9-10H2,1H3,(H,20,21,24). The van der Waals surface area contributed by atoms with Gasteiger partial charge >= 0.3 is 5.97 Å². The number of amides is 1. The van der Waals surface area contributed by atoms with E-state index in [1.807, 2.05) is 0 Å². The van der Waals surface area contributed by atoms with Gasteiger partial charge in [0.15, 0.2) is 5.13 Å². The van der Waals surface area contributed by atoms with Crippen molar-refractivity contribution in [3.63, 3.8) is 0 Å². The van der Waals surface area contributed by atoms with Crippen molar-refractivity contribution in [3.05, 3.63) is 58.7 Å². The van der Waals surface area contributed by atoms with Gasteiger partial charge < -0.3 is 20.3 Å². The van der Waals surface area contributed by atoms with Crippen LogP contribution in [0.15, 0.2) is 36.4 Å². The van der Waals surface area contributed by atoms with Crippen molar-refractivity contribution in [1.29, 1.82) is 0 Å². The van der Waals surface area contributed by atoms with Crippen LogP contribution >= 0.6 is 11.3 Å². The Morgan fingerprint density at radius 1 is 1.15 bits per heavy atom. The number of carbonyl (C=O) groups excluding carboxylic acids is 2. The molecular weight excluding hydrogens is 368 g/mol. The van der Waals surface area contributed by atoms with Crippen molar-refractivity contribution in [1.82, 2.24) is 4.98 Å². The molecule has 1 aromatic heterocycles. The van der Waals surface area contributed by atoms with Gasteiger partial charge in [0.2, 0.25) is 5.91 Å². The molecule has 0 aliphatic carbocycles. The number of hydrogen-bond acceptors (Lipinski definition) is 7. The predicted molar refractivity (Wildman–Crippen MR) is 102 cm³/mol. The second-order valence-corrected chi connectivity index (χ2v) is 6.87. The number of thiazole rings is 1. The Balaban J connectivity index is 1.75. The smallest absolute Gasteiger partial charge is 0.337 e. The molecule has 0 saturated heterocycles. The third kappa shape index (κ3) is 4.30. The summed E-state index contributed by atoms with van der Waals surface area (Å²) in [6.45, 7) is -0.371. The molecule has 7 nitrogen and oxygen atoms in total. The molecule has 0 atom stereocenters. The van der Waals surface area contributed by atoms with Crippen LogP contribution < -0.4 is 5.32 Å². The van der Waals surface area contributed by atoms with Gasteiger partial charge in [0.1, 0.15) is 0 Å². The molecule has 1 amide bonds. The number of methoxy groups -OCH3 is 1. The van der Waals surface area contributed by atoms with Gasteiger partial charge in [-0.3, -0.25) is 4.79 Å². The molecule has 0 unspecified atom stereocenters. The van der Waals surface area contributed by atoms with Crippen molar-refractivity contribution < 1.29 is 24.5 Å². The van der Waals surface area contributed by atoms with Gasteiger partial charge in [-0.1, -0.05) is 23.5 Å². The lowest BCUT2D eigenvalue weighted by molar-refractivity contribution is -0.115. The quantitative estimate of drug-likeness (QED) is 0.561. The van der Waals surface area contributed by atoms with E-state index >= 15 is 0 Å². The van der Waals surface area contributed by atoms with E-state index in [-0.39, 0.29) is 25.5 Å². The highest BCUT2D eigenvalue weighted by Gasteiger charge is 2.12. The minimum atomic E-state index is -0.456. The maximum atomic E-state index is 12.3. The molecule has 2 aromatic carbocycles. The second kappa shape index (κ2) is 8.26. The zero-order valence-corrected chi connectivity index (χ0v) is 15.4. The molecule has 0 bridgehead atoms. The number of aromatic nitrogens is 1. The highest BCUT2D eigenvalue weighted by molar-refractivity contribution is 7.22. The zero-order chi connectivity index (χ0) is 19.4. The molecule has 0 radical (unpaired) electrons. The molecule has 8 heteroatoms. The number of esters is 1. The Bertz CT molecular complexity index is 958. The summed E-state index contributed by atoms with van der Waals surface area (Å²) < 4.78 is 5.48. The number of carbonyl (C=O) groups is 2. The Morgan fingerprint density at radius 3 is 2.59 bits per heavy atom. The van der Waals surface area contributed by atoms with E-state index in [1.165, 1.54) is 18.4 Å². The first kappa shape index (κ1) is 19.0. The number of hydrogen-bond donors (Lipinski definition) is 3. The van der Waals surface area contributed by atoms with E-state index in [0.717, 1.165) is 4.70 Å². The molecule has 3 aromatic rings. The summed E-state index contributed by atoms with van der Waals surface area (Å²) in [4.78, 5) is 28.3. The monoisotopic (exact) mass is 386 g/mol. The number of benzene rings is 2. The van der Waals surface area contributed by atoms with Crippen LogP contribution in [0.1, 0.15) is 27.0 Å². The molecule has 0 spiro atoms. The van der Waals surface area contributed by atoms with E-state index in [2.05, 4.69) is 15.0 Å². The molecule has 0 aliphatic rings. The SMILES string of the molecule is COC(=O)c1cccc(CC(=O)Nc2nc3cc(CO)c(CO)cc3s2)c1. The molecule has 3 rings (SSSR count). The van der Waals surface area contributed by atoms with E-state index in [9.17, 15) is 19.8 Å². The Morgan fingerprint density at radius 2 is 1.89 bits per heavy atom. The molecule has 0 fully saturated rings. The van der Waals surface area contributed by atoms with E-state index in [0.29, 0.717) is 32.9 Å². The van der Waals surface area contributed by atoms with E-state index in [4.69, 9.17) is 0 Å². The van der Waals surface area contributed by atoms with E-state index in [1.54, 1.807) is 36.4 Å². The summed E-state index contributed by atoms with van der Waals surface area (Å²) in [5.74, 6) is -0.719. The van der Waals surface area contributed by atoms with Gasteiger partial charge in [-0.25, -0.2) is 9.78 Å². The van der Waals surface area contributed by atoms with E-state index < -0.39 is 5.97 Å². The Hall–Kier alpha value is -2.81. The number of nitrogens with zero attached hydrogens (tertiary/aromatic N) is 1. The fraction of sp³-hybridized carbons (Fsp3) is 0.211. The topological polar surface area (TPSA) is 109 Å². The lowest BCUT2D eigenvalue weighted by atomic mass is 10.1. The van der Waals surface area contributed by atoms with Crippen LogP contribution in [0.5, 0.6) is 0 Å². The summed E-state index contributed by atoms with van der Waals surface area (Å²) in [5.41, 5.74) is 2.95. The van der Waals surface area contributed by atoms with Gasteiger partial charge in [0, 0.05) is 0 Å². The molecule has 3 N–H and O–H groups in total. The second-order valence-electron chi connectivity index (χ2n) is 5.84. The number of nitrogens with one attached hydrogen (secondary N) is 1. The Labute approximate surface area is 159 Å². The Kier molecular flexibility index (Phi) is 5.80. The van der Waals surface area contributed by atoms with Gasteiger partial charge in [-0.2, -0.15) is 0 Å². The molecule has 140 valence electrons. The first-order valence-corrected chi connectivity index (χ1v) is 8.97. The largest absolute Gasteiger partial charge is 0.465 e. The summed E-state index contributed by atoms with van der Waals surface area (Å²) in [7, 11) is 1.30. The third-order valence-electron chi connectivity index (χ3n) is 4.01. The van der Waals surface area contributed by atoms with Gasteiger partial charge in [-0.05, 0) is 41.0 Å². The first-order chi connectivity index (χ1) is 13.0. The van der Waals surface area contributed by atoms with Crippen LogP contribution in [-0.2, 0) is 29.2 Å². The summed E-state index contributed by atoms with van der Waals surface area (Å²) in [6, 6.07) is 10.1. The van der Waals surface area contributed by atoms with Crippen LogP contribution in [-0.4, -0.2) is 34.2 Å². The van der Waals surface area contributed by atoms with Gasteiger partial charge in [0.05, 0.1) is 42.5 Å². The number of rotatable bonds is 6. The number of ether oxygens (including phenoxy) is 1. The minimum absolute atomic E-state index is 0.0878.